The average Bonchev–Trinajstić information content (AvgIpc) is 3.29. The molecule has 136 valence electrons. The minimum atomic E-state index is -0.200. The molecule has 0 atom stereocenters. The van der Waals surface area contributed by atoms with Crippen LogP contribution in [0.1, 0.15) is 34.2 Å². The SMILES string of the molecule is CCc1[nH]nc(C(=O)NCc2cccnc2-n2cnc3ccccc32)c1C. The first-order valence-corrected chi connectivity index (χ1v) is 8.87. The Morgan fingerprint density at radius 1 is 1.19 bits per heavy atom. The lowest BCUT2D eigenvalue weighted by molar-refractivity contribution is 0.0945. The van der Waals surface area contributed by atoms with Gasteiger partial charge < -0.3 is 5.32 Å². The number of fused-ring (bicyclic) bond motifs is 1. The third kappa shape index (κ3) is 3.08. The highest BCUT2D eigenvalue weighted by Gasteiger charge is 2.16. The summed E-state index contributed by atoms with van der Waals surface area (Å²) in [5.41, 5.74) is 5.08. The second kappa shape index (κ2) is 7.03. The largest absolute Gasteiger partial charge is 0.346 e. The monoisotopic (exact) mass is 360 g/mol. The van der Waals surface area contributed by atoms with Crippen LogP contribution < -0.4 is 5.32 Å². The minimum absolute atomic E-state index is 0.200. The van der Waals surface area contributed by atoms with E-state index in [0.717, 1.165) is 40.1 Å². The number of carbonyl (C=O) groups is 1. The quantitative estimate of drug-likeness (QED) is 0.573. The number of hydrogen-bond acceptors (Lipinski definition) is 4. The molecule has 4 aromatic rings. The Labute approximate surface area is 156 Å². The molecule has 2 N–H and O–H groups in total. The van der Waals surface area contributed by atoms with Gasteiger partial charge in [0.05, 0.1) is 11.0 Å². The number of nitrogens with one attached hydrogen (secondary N) is 2. The normalized spacial score (nSPS) is 11.0. The lowest BCUT2D eigenvalue weighted by Crippen LogP contribution is -2.24. The molecule has 3 aromatic heterocycles. The third-order valence-electron chi connectivity index (χ3n) is 4.67. The first-order chi connectivity index (χ1) is 13.2. The first-order valence-electron chi connectivity index (χ1n) is 8.87. The second-order valence-corrected chi connectivity index (χ2v) is 6.30. The van der Waals surface area contributed by atoms with Gasteiger partial charge in [0, 0.05) is 29.6 Å². The van der Waals surface area contributed by atoms with E-state index in [0.29, 0.717) is 12.2 Å². The molecule has 0 aliphatic carbocycles. The van der Waals surface area contributed by atoms with Crippen LogP contribution in [-0.2, 0) is 13.0 Å². The molecule has 27 heavy (non-hydrogen) atoms. The molecule has 1 amide bonds. The number of carbonyl (C=O) groups excluding carboxylic acids is 1. The summed E-state index contributed by atoms with van der Waals surface area (Å²) < 4.78 is 1.94. The Bertz CT molecular complexity index is 1110. The summed E-state index contributed by atoms with van der Waals surface area (Å²) in [6.07, 6.45) is 4.30. The van der Waals surface area contributed by atoms with Gasteiger partial charge in [0.1, 0.15) is 12.1 Å². The molecule has 0 saturated heterocycles. The molecule has 0 fully saturated rings. The van der Waals surface area contributed by atoms with E-state index in [2.05, 4.69) is 25.5 Å². The van der Waals surface area contributed by atoms with E-state index in [9.17, 15) is 4.79 Å². The standard InChI is InChI=1S/C20H20N6O/c1-3-15-13(2)18(25-24-15)20(27)22-11-14-7-6-10-21-19(14)26-12-23-16-8-4-5-9-17(16)26/h4-10,12H,3,11H2,1-2H3,(H,22,27)(H,24,25). The first kappa shape index (κ1) is 17.0. The van der Waals surface area contributed by atoms with Crippen LogP contribution in [0.2, 0.25) is 0 Å². The van der Waals surface area contributed by atoms with E-state index in [1.807, 2.05) is 54.8 Å². The zero-order chi connectivity index (χ0) is 18.8. The molecular weight excluding hydrogens is 340 g/mol. The van der Waals surface area contributed by atoms with Crippen molar-refractivity contribution in [3.63, 3.8) is 0 Å². The van der Waals surface area contributed by atoms with Crippen molar-refractivity contribution in [3.05, 3.63) is 71.4 Å². The van der Waals surface area contributed by atoms with E-state index in [-0.39, 0.29) is 5.91 Å². The van der Waals surface area contributed by atoms with Crippen molar-refractivity contribution in [2.75, 3.05) is 0 Å². The highest BCUT2D eigenvalue weighted by Crippen LogP contribution is 2.19. The number of pyridine rings is 1. The fourth-order valence-corrected chi connectivity index (χ4v) is 3.17. The molecule has 0 saturated carbocycles. The molecule has 0 radical (unpaired) electrons. The van der Waals surface area contributed by atoms with Crippen LogP contribution in [0, 0.1) is 6.92 Å². The number of nitrogens with zero attached hydrogens (tertiary/aromatic N) is 4. The third-order valence-corrected chi connectivity index (χ3v) is 4.67. The van der Waals surface area contributed by atoms with Crippen molar-refractivity contribution in [2.45, 2.75) is 26.8 Å². The lowest BCUT2D eigenvalue weighted by Gasteiger charge is -2.11. The minimum Gasteiger partial charge on any atom is -0.346 e. The summed E-state index contributed by atoms with van der Waals surface area (Å²) in [5.74, 6) is 0.549. The summed E-state index contributed by atoms with van der Waals surface area (Å²) >= 11 is 0. The fraction of sp³-hybridized carbons (Fsp3) is 0.200. The smallest absolute Gasteiger partial charge is 0.272 e. The molecule has 1 aromatic carbocycles. The predicted molar refractivity (Wildman–Crippen MR) is 103 cm³/mol. The van der Waals surface area contributed by atoms with Crippen LogP contribution in [0.15, 0.2) is 48.9 Å². The molecule has 7 nitrogen and oxygen atoms in total. The number of rotatable bonds is 5. The molecular formula is C20H20N6O. The molecule has 3 heterocycles. The van der Waals surface area contributed by atoms with Crippen molar-refractivity contribution < 1.29 is 4.79 Å². The number of amides is 1. The topological polar surface area (TPSA) is 88.5 Å². The Hall–Kier alpha value is -3.48. The molecule has 0 unspecified atom stereocenters. The van der Waals surface area contributed by atoms with E-state index < -0.39 is 0 Å². The summed E-state index contributed by atoms with van der Waals surface area (Å²) in [4.78, 5) is 21.5. The van der Waals surface area contributed by atoms with Gasteiger partial charge in [-0.15, -0.1) is 0 Å². The van der Waals surface area contributed by atoms with Crippen molar-refractivity contribution in [1.82, 2.24) is 30.0 Å². The number of hydrogen-bond donors (Lipinski definition) is 2. The van der Waals surface area contributed by atoms with Crippen LogP contribution in [0.4, 0.5) is 0 Å². The number of aromatic amines is 1. The Morgan fingerprint density at radius 2 is 2.04 bits per heavy atom. The average molecular weight is 360 g/mol. The Morgan fingerprint density at radius 3 is 2.85 bits per heavy atom. The summed E-state index contributed by atoms with van der Waals surface area (Å²) in [6.45, 7) is 4.28. The van der Waals surface area contributed by atoms with Crippen LogP contribution in [-0.4, -0.2) is 30.6 Å². The zero-order valence-corrected chi connectivity index (χ0v) is 15.2. The van der Waals surface area contributed by atoms with Gasteiger partial charge in [0.2, 0.25) is 0 Å². The van der Waals surface area contributed by atoms with Crippen molar-refractivity contribution in [2.24, 2.45) is 0 Å². The molecule has 7 heteroatoms. The van der Waals surface area contributed by atoms with E-state index in [1.54, 1.807) is 12.5 Å². The van der Waals surface area contributed by atoms with Crippen molar-refractivity contribution in [3.8, 4) is 5.82 Å². The second-order valence-electron chi connectivity index (χ2n) is 6.30. The maximum absolute atomic E-state index is 12.5. The zero-order valence-electron chi connectivity index (χ0n) is 15.2. The van der Waals surface area contributed by atoms with Gasteiger partial charge >= 0.3 is 0 Å². The van der Waals surface area contributed by atoms with Gasteiger partial charge in [-0.25, -0.2) is 9.97 Å². The summed E-state index contributed by atoms with van der Waals surface area (Å²) in [6, 6.07) is 11.7. The number of aryl methyl sites for hydroxylation is 1. The highest BCUT2D eigenvalue weighted by atomic mass is 16.1. The van der Waals surface area contributed by atoms with Gasteiger partial charge in [-0.3, -0.25) is 14.5 Å². The molecule has 4 rings (SSSR count). The van der Waals surface area contributed by atoms with Gasteiger partial charge in [0.15, 0.2) is 5.69 Å². The summed E-state index contributed by atoms with van der Waals surface area (Å²) in [5, 5.41) is 10.0. The highest BCUT2D eigenvalue weighted by molar-refractivity contribution is 5.93. The van der Waals surface area contributed by atoms with Crippen LogP contribution >= 0.6 is 0 Å². The fourth-order valence-electron chi connectivity index (χ4n) is 3.17. The maximum atomic E-state index is 12.5. The lowest BCUT2D eigenvalue weighted by atomic mass is 10.1. The van der Waals surface area contributed by atoms with Crippen LogP contribution in [0.3, 0.4) is 0 Å². The predicted octanol–water partition coefficient (Wildman–Crippen LogP) is 2.94. The number of aromatic nitrogens is 5. The van der Waals surface area contributed by atoms with Crippen LogP contribution in [0.5, 0.6) is 0 Å². The molecule has 0 aliphatic heterocycles. The number of para-hydroxylation sites is 2. The molecule has 0 bridgehead atoms. The number of imidazole rings is 1. The summed E-state index contributed by atoms with van der Waals surface area (Å²) in [7, 11) is 0. The maximum Gasteiger partial charge on any atom is 0.272 e. The molecule has 0 aliphatic rings. The van der Waals surface area contributed by atoms with Gasteiger partial charge in [0.25, 0.3) is 5.91 Å². The van der Waals surface area contributed by atoms with E-state index in [1.165, 1.54) is 0 Å². The Kier molecular flexibility index (Phi) is 4.42. The van der Waals surface area contributed by atoms with Gasteiger partial charge in [-0.1, -0.05) is 25.1 Å². The molecule has 0 spiro atoms. The van der Waals surface area contributed by atoms with Crippen molar-refractivity contribution >= 4 is 16.9 Å². The van der Waals surface area contributed by atoms with Gasteiger partial charge in [-0.2, -0.15) is 5.10 Å². The van der Waals surface area contributed by atoms with Crippen molar-refractivity contribution in [1.29, 1.82) is 0 Å². The van der Waals surface area contributed by atoms with E-state index in [4.69, 9.17) is 0 Å². The van der Waals surface area contributed by atoms with Crippen LogP contribution in [0.25, 0.3) is 16.9 Å². The number of H-pyrrole nitrogens is 1. The van der Waals surface area contributed by atoms with Gasteiger partial charge in [-0.05, 0) is 31.5 Å². The van der Waals surface area contributed by atoms with E-state index >= 15 is 0 Å². The number of benzene rings is 1. The Balaban J connectivity index is 1.60.